The zero-order valence-corrected chi connectivity index (χ0v) is 12.1. The van der Waals surface area contributed by atoms with Gasteiger partial charge in [-0.1, -0.05) is 30.3 Å². The molecule has 1 amide bonds. The minimum Gasteiger partial charge on any atom is -0.457 e. The lowest BCUT2D eigenvalue weighted by atomic mass is 10.2. The summed E-state index contributed by atoms with van der Waals surface area (Å²) in [5, 5.41) is 0. The van der Waals surface area contributed by atoms with Gasteiger partial charge in [0.05, 0.1) is 6.61 Å². The molecule has 2 aromatic carbocycles. The van der Waals surface area contributed by atoms with Crippen molar-refractivity contribution in [1.82, 2.24) is 4.90 Å². The van der Waals surface area contributed by atoms with Crippen LogP contribution in [0.1, 0.15) is 5.56 Å². The standard InChI is InChI=1S/C18H17NO3/c20-18(19-11-12-21-14-19)10-9-15-5-4-8-17(13-15)22-16-6-2-1-3-7-16/h1-10,13H,11-12,14H2/b10-9+. The van der Waals surface area contributed by atoms with Crippen LogP contribution >= 0.6 is 0 Å². The molecule has 4 heteroatoms. The van der Waals surface area contributed by atoms with Gasteiger partial charge in [0.2, 0.25) is 5.91 Å². The van der Waals surface area contributed by atoms with E-state index in [-0.39, 0.29) is 5.91 Å². The first kappa shape index (κ1) is 14.4. The molecule has 0 aromatic heterocycles. The summed E-state index contributed by atoms with van der Waals surface area (Å²) in [5.41, 5.74) is 0.918. The third kappa shape index (κ3) is 3.74. The number of para-hydroxylation sites is 1. The van der Waals surface area contributed by atoms with Gasteiger partial charge in [0.25, 0.3) is 0 Å². The zero-order valence-electron chi connectivity index (χ0n) is 12.1. The lowest BCUT2D eigenvalue weighted by molar-refractivity contribution is -0.126. The van der Waals surface area contributed by atoms with E-state index in [1.807, 2.05) is 54.6 Å². The van der Waals surface area contributed by atoms with Crippen LogP contribution in [0, 0.1) is 0 Å². The maximum absolute atomic E-state index is 11.9. The normalized spacial score (nSPS) is 14.5. The fourth-order valence-corrected chi connectivity index (χ4v) is 2.17. The molecule has 1 heterocycles. The largest absolute Gasteiger partial charge is 0.457 e. The van der Waals surface area contributed by atoms with E-state index in [1.54, 1.807) is 17.1 Å². The van der Waals surface area contributed by atoms with E-state index in [0.717, 1.165) is 17.1 Å². The highest BCUT2D eigenvalue weighted by Gasteiger charge is 2.15. The van der Waals surface area contributed by atoms with Gasteiger partial charge < -0.3 is 14.4 Å². The molecule has 0 aliphatic carbocycles. The van der Waals surface area contributed by atoms with E-state index in [2.05, 4.69) is 0 Å². The molecule has 0 bridgehead atoms. The molecule has 0 radical (unpaired) electrons. The van der Waals surface area contributed by atoms with E-state index >= 15 is 0 Å². The number of hydrogen-bond acceptors (Lipinski definition) is 3. The number of amides is 1. The van der Waals surface area contributed by atoms with Gasteiger partial charge in [0, 0.05) is 12.6 Å². The molecular formula is C18H17NO3. The SMILES string of the molecule is O=C(/C=C/c1cccc(Oc2ccccc2)c1)N1CCOC1. The van der Waals surface area contributed by atoms with Crippen molar-refractivity contribution in [2.24, 2.45) is 0 Å². The smallest absolute Gasteiger partial charge is 0.248 e. The summed E-state index contributed by atoms with van der Waals surface area (Å²) in [4.78, 5) is 13.6. The number of rotatable bonds is 4. The number of carbonyl (C=O) groups excluding carboxylic acids is 1. The molecule has 1 aliphatic heterocycles. The van der Waals surface area contributed by atoms with Gasteiger partial charge in [-0.25, -0.2) is 0 Å². The van der Waals surface area contributed by atoms with Gasteiger partial charge >= 0.3 is 0 Å². The first-order valence-corrected chi connectivity index (χ1v) is 7.19. The molecule has 112 valence electrons. The summed E-state index contributed by atoms with van der Waals surface area (Å²) in [6, 6.07) is 17.2. The summed E-state index contributed by atoms with van der Waals surface area (Å²) >= 11 is 0. The van der Waals surface area contributed by atoms with Crippen molar-refractivity contribution >= 4 is 12.0 Å². The fourth-order valence-electron chi connectivity index (χ4n) is 2.17. The second-order valence-electron chi connectivity index (χ2n) is 4.96. The van der Waals surface area contributed by atoms with E-state index in [0.29, 0.717) is 19.9 Å². The topological polar surface area (TPSA) is 38.8 Å². The predicted molar refractivity (Wildman–Crippen MR) is 84.5 cm³/mol. The Labute approximate surface area is 129 Å². The van der Waals surface area contributed by atoms with Crippen molar-refractivity contribution in [3.05, 3.63) is 66.2 Å². The maximum atomic E-state index is 11.9. The molecule has 3 rings (SSSR count). The number of nitrogens with zero attached hydrogens (tertiary/aromatic N) is 1. The lowest BCUT2D eigenvalue weighted by Gasteiger charge is -2.09. The second kappa shape index (κ2) is 6.91. The fraction of sp³-hybridized carbons (Fsp3) is 0.167. The molecule has 0 unspecified atom stereocenters. The van der Waals surface area contributed by atoms with Crippen LogP contribution in [0.15, 0.2) is 60.7 Å². The van der Waals surface area contributed by atoms with Gasteiger partial charge in [-0.15, -0.1) is 0 Å². The molecule has 0 saturated carbocycles. The van der Waals surface area contributed by atoms with Crippen LogP contribution in [0.3, 0.4) is 0 Å². The Morgan fingerprint density at radius 2 is 1.91 bits per heavy atom. The van der Waals surface area contributed by atoms with Crippen molar-refractivity contribution in [1.29, 1.82) is 0 Å². The summed E-state index contributed by atoms with van der Waals surface area (Å²) in [5.74, 6) is 1.49. The Balaban J connectivity index is 1.67. The highest BCUT2D eigenvalue weighted by atomic mass is 16.5. The van der Waals surface area contributed by atoms with Crippen LogP contribution in [-0.4, -0.2) is 30.7 Å². The van der Waals surface area contributed by atoms with Crippen molar-refractivity contribution < 1.29 is 14.3 Å². The van der Waals surface area contributed by atoms with Crippen LogP contribution in [0.2, 0.25) is 0 Å². The first-order valence-electron chi connectivity index (χ1n) is 7.19. The monoisotopic (exact) mass is 295 g/mol. The van der Waals surface area contributed by atoms with Gasteiger partial charge in [-0.05, 0) is 35.9 Å². The number of ether oxygens (including phenoxy) is 2. The van der Waals surface area contributed by atoms with Crippen molar-refractivity contribution in [2.75, 3.05) is 19.9 Å². The Kier molecular flexibility index (Phi) is 4.51. The molecule has 1 fully saturated rings. The number of carbonyl (C=O) groups is 1. The molecule has 0 N–H and O–H groups in total. The molecular weight excluding hydrogens is 278 g/mol. The molecule has 4 nitrogen and oxygen atoms in total. The van der Waals surface area contributed by atoms with Crippen LogP contribution in [-0.2, 0) is 9.53 Å². The van der Waals surface area contributed by atoms with Gasteiger partial charge in [-0.3, -0.25) is 4.79 Å². The second-order valence-corrected chi connectivity index (χ2v) is 4.96. The lowest BCUT2D eigenvalue weighted by Crippen LogP contribution is -2.26. The summed E-state index contributed by atoms with van der Waals surface area (Å²) in [6.07, 6.45) is 3.36. The van der Waals surface area contributed by atoms with Crippen LogP contribution in [0.5, 0.6) is 11.5 Å². The molecule has 1 saturated heterocycles. The van der Waals surface area contributed by atoms with E-state index in [1.165, 1.54) is 0 Å². The average molecular weight is 295 g/mol. The highest BCUT2D eigenvalue weighted by molar-refractivity contribution is 5.91. The molecule has 0 spiro atoms. The first-order chi connectivity index (χ1) is 10.8. The Morgan fingerprint density at radius 1 is 1.09 bits per heavy atom. The van der Waals surface area contributed by atoms with Gasteiger partial charge in [-0.2, -0.15) is 0 Å². The molecule has 2 aromatic rings. The van der Waals surface area contributed by atoms with E-state index in [9.17, 15) is 4.79 Å². The van der Waals surface area contributed by atoms with E-state index < -0.39 is 0 Å². The van der Waals surface area contributed by atoms with Gasteiger partial charge in [0.1, 0.15) is 18.2 Å². The van der Waals surface area contributed by atoms with Crippen LogP contribution in [0.25, 0.3) is 6.08 Å². The van der Waals surface area contributed by atoms with Crippen molar-refractivity contribution in [3.8, 4) is 11.5 Å². The van der Waals surface area contributed by atoms with Crippen molar-refractivity contribution in [2.45, 2.75) is 0 Å². The summed E-state index contributed by atoms with van der Waals surface area (Å²) in [6.45, 7) is 1.64. The minimum absolute atomic E-state index is 0.0353. The van der Waals surface area contributed by atoms with Gasteiger partial charge in [0.15, 0.2) is 0 Å². The maximum Gasteiger partial charge on any atom is 0.248 e. The van der Waals surface area contributed by atoms with Crippen LogP contribution < -0.4 is 4.74 Å². The highest BCUT2D eigenvalue weighted by Crippen LogP contribution is 2.22. The summed E-state index contributed by atoms with van der Waals surface area (Å²) < 4.78 is 10.9. The average Bonchev–Trinajstić information content (AvgIpc) is 3.08. The predicted octanol–water partition coefficient (Wildman–Crippen LogP) is 3.31. The quantitative estimate of drug-likeness (QED) is 0.812. The number of benzene rings is 2. The number of hydrogen-bond donors (Lipinski definition) is 0. The Bertz CT molecular complexity index is 661. The minimum atomic E-state index is -0.0353. The van der Waals surface area contributed by atoms with Crippen LogP contribution in [0.4, 0.5) is 0 Å². The molecule has 22 heavy (non-hydrogen) atoms. The zero-order chi connectivity index (χ0) is 15.2. The summed E-state index contributed by atoms with van der Waals surface area (Å²) in [7, 11) is 0. The molecule has 1 aliphatic rings. The molecule has 0 atom stereocenters. The third-order valence-electron chi connectivity index (χ3n) is 3.32. The third-order valence-corrected chi connectivity index (χ3v) is 3.32. The van der Waals surface area contributed by atoms with Crippen molar-refractivity contribution in [3.63, 3.8) is 0 Å². The van der Waals surface area contributed by atoms with E-state index in [4.69, 9.17) is 9.47 Å². The Morgan fingerprint density at radius 3 is 2.68 bits per heavy atom. The Hall–Kier alpha value is -2.59.